The second kappa shape index (κ2) is 9.24. The highest BCUT2D eigenvalue weighted by Gasteiger charge is 2.25. The highest BCUT2D eigenvalue weighted by molar-refractivity contribution is 9.10. The largest absolute Gasteiger partial charge is 0.484 e. The summed E-state index contributed by atoms with van der Waals surface area (Å²) in [4.78, 5) is 14.6. The number of hydrogen-bond donors (Lipinski definition) is 1. The molecule has 26 heavy (non-hydrogen) atoms. The van der Waals surface area contributed by atoms with Gasteiger partial charge in [0.05, 0.1) is 6.04 Å². The second-order valence-corrected chi connectivity index (χ2v) is 7.52. The van der Waals surface area contributed by atoms with E-state index in [1.165, 1.54) is 19.3 Å². The van der Waals surface area contributed by atoms with Crippen molar-refractivity contribution in [3.8, 4) is 5.75 Å². The zero-order valence-electron chi connectivity index (χ0n) is 15.0. The van der Waals surface area contributed by atoms with Crippen LogP contribution in [0.5, 0.6) is 5.75 Å². The fraction of sp³-hybridized carbons (Fsp3) is 0.450. The SMILES string of the molecule is Cc1ccc([C@@H](CNC(=O)COc2ccc(Br)cc2)N2CCCCC2)o1. The zero-order valence-corrected chi connectivity index (χ0v) is 16.6. The summed E-state index contributed by atoms with van der Waals surface area (Å²) in [6.45, 7) is 4.55. The Morgan fingerprint density at radius 1 is 1.19 bits per heavy atom. The maximum absolute atomic E-state index is 12.2. The molecule has 1 N–H and O–H groups in total. The van der Waals surface area contributed by atoms with Crippen LogP contribution >= 0.6 is 15.9 Å². The lowest BCUT2D eigenvalue weighted by atomic mass is 10.1. The Bertz CT molecular complexity index is 708. The number of nitrogens with one attached hydrogen (secondary N) is 1. The molecule has 0 bridgehead atoms. The molecule has 0 radical (unpaired) electrons. The molecule has 5 nitrogen and oxygen atoms in total. The van der Waals surface area contributed by atoms with E-state index in [2.05, 4.69) is 26.1 Å². The Labute approximate surface area is 162 Å². The van der Waals surface area contributed by atoms with E-state index >= 15 is 0 Å². The maximum Gasteiger partial charge on any atom is 0.258 e. The third kappa shape index (κ3) is 5.35. The minimum Gasteiger partial charge on any atom is -0.484 e. The fourth-order valence-corrected chi connectivity index (χ4v) is 3.48. The van der Waals surface area contributed by atoms with Crippen LogP contribution in [0.2, 0.25) is 0 Å². The summed E-state index contributed by atoms with van der Waals surface area (Å²) in [5.41, 5.74) is 0. The minimum absolute atomic E-state index is 0.00549. The number of carbonyl (C=O) groups is 1. The number of furan rings is 1. The zero-order chi connectivity index (χ0) is 18.4. The van der Waals surface area contributed by atoms with E-state index in [1.807, 2.05) is 43.3 Å². The van der Waals surface area contributed by atoms with E-state index in [4.69, 9.17) is 9.15 Å². The lowest BCUT2D eigenvalue weighted by Crippen LogP contribution is -2.41. The summed E-state index contributed by atoms with van der Waals surface area (Å²) < 4.78 is 12.4. The van der Waals surface area contributed by atoms with E-state index < -0.39 is 0 Å². The fourth-order valence-electron chi connectivity index (χ4n) is 3.21. The maximum atomic E-state index is 12.2. The molecule has 1 amide bonds. The predicted octanol–water partition coefficient (Wildman–Crippen LogP) is 4.07. The van der Waals surface area contributed by atoms with Crippen LogP contribution in [0, 0.1) is 6.92 Å². The van der Waals surface area contributed by atoms with Crippen LogP contribution in [-0.4, -0.2) is 37.0 Å². The molecule has 3 rings (SSSR count). The Morgan fingerprint density at radius 2 is 1.92 bits per heavy atom. The van der Waals surface area contributed by atoms with Crippen molar-refractivity contribution in [2.75, 3.05) is 26.2 Å². The molecule has 0 unspecified atom stereocenters. The van der Waals surface area contributed by atoms with Gasteiger partial charge in [-0.15, -0.1) is 0 Å². The van der Waals surface area contributed by atoms with Crippen molar-refractivity contribution in [2.24, 2.45) is 0 Å². The first-order valence-electron chi connectivity index (χ1n) is 9.07. The Hall–Kier alpha value is -1.79. The van der Waals surface area contributed by atoms with Crippen LogP contribution in [0.3, 0.4) is 0 Å². The Kier molecular flexibility index (Phi) is 6.74. The van der Waals surface area contributed by atoms with E-state index in [0.717, 1.165) is 29.1 Å². The van der Waals surface area contributed by atoms with Crippen molar-refractivity contribution in [3.63, 3.8) is 0 Å². The Balaban J connectivity index is 1.54. The minimum atomic E-state index is -0.127. The number of piperidine rings is 1. The van der Waals surface area contributed by atoms with E-state index in [-0.39, 0.29) is 18.6 Å². The summed E-state index contributed by atoms with van der Waals surface area (Å²) in [5, 5.41) is 2.99. The van der Waals surface area contributed by atoms with Crippen LogP contribution in [0.15, 0.2) is 45.3 Å². The van der Waals surface area contributed by atoms with E-state index in [9.17, 15) is 4.79 Å². The molecule has 1 saturated heterocycles. The van der Waals surface area contributed by atoms with Crippen molar-refractivity contribution in [1.82, 2.24) is 10.2 Å². The topological polar surface area (TPSA) is 54.7 Å². The number of nitrogens with zero attached hydrogens (tertiary/aromatic N) is 1. The normalized spacial score (nSPS) is 16.2. The van der Waals surface area contributed by atoms with Crippen LogP contribution in [0.25, 0.3) is 0 Å². The van der Waals surface area contributed by atoms with Crippen molar-refractivity contribution < 1.29 is 13.9 Å². The van der Waals surface area contributed by atoms with Gasteiger partial charge in [-0.2, -0.15) is 0 Å². The molecule has 0 saturated carbocycles. The molecule has 2 aromatic rings. The number of aryl methyl sites for hydroxylation is 1. The molecule has 1 aromatic carbocycles. The van der Waals surface area contributed by atoms with Crippen molar-refractivity contribution in [3.05, 3.63) is 52.4 Å². The van der Waals surface area contributed by atoms with Crippen LogP contribution < -0.4 is 10.1 Å². The number of ether oxygens (including phenoxy) is 1. The van der Waals surface area contributed by atoms with E-state index in [1.54, 1.807) is 0 Å². The molecule has 2 heterocycles. The van der Waals surface area contributed by atoms with Crippen LogP contribution in [0.4, 0.5) is 0 Å². The number of benzene rings is 1. The molecule has 1 atom stereocenters. The number of halogens is 1. The molecular weight excluding hydrogens is 396 g/mol. The number of amides is 1. The van der Waals surface area contributed by atoms with Crippen molar-refractivity contribution in [1.29, 1.82) is 0 Å². The van der Waals surface area contributed by atoms with Crippen molar-refractivity contribution >= 4 is 21.8 Å². The quantitative estimate of drug-likeness (QED) is 0.733. The summed E-state index contributed by atoms with van der Waals surface area (Å²) in [7, 11) is 0. The molecule has 1 aliphatic heterocycles. The molecule has 140 valence electrons. The van der Waals surface area contributed by atoms with Gasteiger partial charge >= 0.3 is 0 Å². The highest BCUT2D eigenvalue weighted by atomic mass is 79.9. The van der Waals surface area contributed by atoms with Gasteiger partial charge in [-0.05, 0) is 69.3 Å². The van der Waals surface area contributed by atoms with Gasteiger partial charge in [0.15, 0.2) is 6.61 Å². The van der Waals surface area contributed by atoms with Gasteiger partial charge in [0, 0.05) is 11.0 Å². The first-order valence-corrected chi connectivity index (χ1v) is 9.86. The number of carbonyl (C=O) groups excluding carboxylic acids is 1. The molecule has 1 aliphatic rings. The van der Waals surface area contributed by atoms with Gasteiger partial charge in [0.1, 0.15) is 17.3 Å². The third-order valence-electron chi connectivity index (χ3n) is 4.60. The molecule has 6 heteroatoms. The summed E-state index contributed by atoms with van der Waals surface area (Å²) in [6.07, 6.45) is 3.65. The van der Waals surface area contributed by atoms with Crippen molar-refractivity contribution in [2.45, 2.75) is 32.2 Å². The molecule has 0 aliphatic carbocycles. The molecule has 0 spiro atoms. The number of hydrogen-bond acceptors (Lipinski definition) is 4. The van der Waals surface area contributed by atoms with Gasteiger partial charge in [-0.3, -0.25) is 9.69 Å². The van der Waals surface area contributed by atoms with Gasteiger partial charge in [-0.25, -0.2) is 0 Å². The molecular formula is C20H25BrN2O3. The third-order valence-corrected chi connectivity index (χ3v) is 5.13. The first-order chi connectivity index (χ1) is 12.6. The molecule has 1 aromatic heterocycles. The molecule has 1 fully saturated rings. The average molecular weight is 421 g/mol. The first kappa shape index (κ1) is 19.0. The van der Waals surface area contributed by atoms with E-state index in [0.29, 0.717) is 12.3 Å². The monoisotopic (exact) mass is 420 g/mol. The van der Waals surface area contributed by atoms with Gasteiger partial charge in [0.2, 0.25) is 0 Å². The smallest absolute Gasteiger partial charge is 0.258 e. The van der Waals surface area contributed by atoms with Gasteiger partial charge in [-0.1, -0.05) is 22.4 Å². The summed E-state index contributed by atoms with van der Waals surface area (Å²) in [6, 6.07) is 11.5. The Morgan fingerprint density at radius 3 is 2.58 bits per heavy atom. The van der Waals surface area contributed by atoms with Gasteiger partial charge in [0.25, 0.3) is 5.91 Å². The summed E-state index contributed by atoms with van der Waals surface area (Å²) in [5.74, 6) is 2.36. The lowest BCUT2D eigenvalue weighted by molar-refractivity contribution is -0.123. The highest BCUT2D eigenvalue weighted by Crippen LogP contribution is 2.25. The standard InChI is InChI=1S/C20H25BrN2O3/c1-15-5-10-19(26-15)18(23-11-3-2-4-12-23)13-22-20(24)14-25-17-8-6-16(21)7-9-17/h5-10,18H,2-4,11-14H2,1H3,(H,22,24)/t18-/m1/s1. The van der Waals surface area contributed by atoms with Crippen LogP contribution in [0.1, 0.15) is 36.8 Å². The van der Waals surface area contributed by atoms with Gasteiger partial charge < -0.3 is 14.5 Å². The number of rotatable bonds is 7. The lowest BCUT2D eigenvalue weighted by Gasteiger charge is -2.33. The number of likely N-dealkylation sites (tertiary alicyclic amines) is 1. The predicted molar refractivity (Wildman–Crippen MR) is 104 cm³/mol. The second-order valence-electron chi connectivity index (χ2n) is 6.61. The van der Waals surface area contributed by atoms with Crippen LogP contribution in [-0.2, 0) is 4.79 Å². The average Bonchev–Trinajstić information content (AvgIpc) is 3.08. The summed E-state index contributed by atoms with van der Waals surface area (Å²) >= 11 is 3.38.